The number of benzene rings is 1. The summed E-state index contributed by atoms with van der Waals surface area (Å²) in [5.74, 6) is 1.09. The summed E-state index contributed by atoms with van der Waals surface area (Å²) in [6, 6.07) is 8.97. The fraction of sp³-hybridized carbons (Fsp3) is 0.267. The highest BCUT2D eigenvalue weighted by molar-refractivity contribution is 5.92. The molecule has 0 aliphatic heterocycles. The molecule has 102 valence electrons. The van der Waals surface area contributed by atoms with E-state index >= 15 is 0 Å². The number of rotatable bonds is 4. The highest BCUT2D eigenvalue weighted by Crippen LogP contribution is 2.23. The Morgan fingerprint density at radius 3 is 2.65 bits per heavy atom. The van der Waals surface area contributed by atoms with E-state index in [1.165, 1.54) is 0 Å². The predicted molar refractivity (Wildman–Crippen MR) is 74.9 cm³/mol. The lowest BCUT2D eigenvalue weighted by atomic mass is 10.2. The average molecular weight is 269 g/mol. The first kappa shape index (κ1) is 13.8. The highest BCUT2D eigenvalue weighted by Gasteiger charge is 2.10. The minimum Gasteiger partial charge on any atom is -0.441 e. The van der Waals surface area contributed by atoms with Crippen molar-refractivity contribution in [3.05, 3.63) is 35.7 Å². The van der Waals surface area contributed by atoms with Crippen LogP contribution in [0.2, 0.25) is 0 Å². The Balaban J connectivity index is 2.15. The molecule has 1 aromatic heterocycles. The molecule has 1 aromatic carbocycles. The molecule has 20 heavy (non-hydrogen) atoms. The Morgan fingerprint density at radius 1 is 1.40 bits per heavy atom. The number of carbonyl (C=O) groups is 1. The minimum absolute atomic E-state index is 0.152. The molecule has 0 atom stereocenters. The van der Waals surface area contributed by atoms with E-state index in [1.807, 2.05) is 26.0 Å². The Hall–Kier alpha value is -2.61. The third-order valence-electron chi connectivity index (χ3n) is 2.88. The number of nitrogens with one attached hydrogen (secondary N) is 1. The van der Waals surface area contributed by atoms with Gasteiger partial charge in [-0.15, -0.1) is 0 Å². The van der Waals surface area contributed by atoms with Crippen LogP contribution >= 0.6 is 0 Å². The van der Waals surface area contributed by atoms with Gasteiger partial charge in [0.15, 0.2) is 0 Å². The van der Waals surface area contributed by atoms with Crippen LogP contribution < -0.4 is 5.32 Å². The molecule has 2 rings (SSSR count). The van der Waals surface area contributed by atoms with Crippen molar-refractivity contribution in [3.63, 3.8) is 0 Å². The second kappa shape index (κ2) is 6.02. The molecule has 2 aromatic rings. The van der Waals surface area contributed by atoms with Crippen LogP contribution in [-0.4, -0.2) is 10.9 Å². The topological polar surface area (TPSA) is 78.9 Å². The standard InChI is InChI=1S/C15H15N3O2/c1-3-13-10(2)20-15(18-13)11-4-6-12(7-5-11)17-14(19)8-9-16/h4-7H,3,8H2,1-2H3,(H,17,19). The van der Waals surface area contributed by atoms with Gasteiger partial charge in [-0.3, -0.25) is 4.79 Å². The van der Waals surface area contributed by atoms with Gasteiger partial charge in [-0.25, -0.2) is 4.98 Å². The Morgan fingerprint density at radius 2 is 2.10 bits per heavy atom. The zero-order chi connectivity index (χ0) is 14.5. The normalized spacial score (nSPS) is 10.1. The molecule has 1 heterocycles. The maximum atomic E-state index is 11.3. The molecule has 5 heteroatoms. The number of nitriles is 1. The second-order valence-electron chi connectivity index (χ2n) is 4.34. The Labute approximate surface area is 117 Å². The van der Waals surface area contributed by atoms with Crippen LogP contribution in [0.5, 0.6) is 0 Å². The van der Waals surface area contributed by atoms with Gasteiger partial charge >= 0.3 is 0 Å². The third-order valence-corrected chi connectivity index (χ3v) is 2.88. The quantitative estimate of drug-likeness (QED) is 0.925. The van der Waals surface area contributed by atoms with Gasteiger partial charge in [0.1, 0.15) is 12.2 Å². The summed E-state index contributed by atoms with van der Waals surface area (Å²) in [7, 11) is 0. The van der Waals surface area contributed by atoms with Crippen molar-refractivity contribution in [3.8, 4) is 17.5 Å². The van der Waals surface area contributed by atoms with Crippen molar-refractivity contribution in [1.29, 1.82) is 5.26 Å². The van der Waals surface area contributed by atoms with E-state index in [0.29, 0.717) is 11.6 Å². The van der Waals surface area contributed by atoms with E-state index in [0.717, 1.165) is 23.4 Å². The van der Waals surface area contributed by atoms with E-state index in [9.17, 15) is 4.79 Å². The van der Waals surface area contributed by atoms with Crippen molar-refractivity contribution in [2.75, 3.05) is 5.32 Å². The third kappa shape index (κ3) is 3.04. The van der Waals surface area contributed by atoms with Crippen LogP contribution in [0.15, 0.2) is 28.7 Å². The van der Waals surface area contributed by atoms with Crippen LogP contribution in [0.3, 0.4) is 0 Å². The summed E-state index contributed by atoms with van der Waals surface area (Å²) in [5, 5.41) is 11.1. The Kier molecular flexibility index (Phi) is 4.16. The van der Waals surface area contributed by atoms with Crippen LogP contribution in [0.4, 0.5) is 5.69 Å². The van der Waals surface area contributed by atoms with Crippen LogP contribution in [0, 0.1) is 18.3 Å². The van der Waals surface area contributed by atoms with Gasteiger partial charge in [0.2, 0.25) is 11.8 Å². The number of carbonyl (C=O) groups excluding carboxylic acids is 1. The minimum atomic E-state index is -0.319. The summed E-state index contributed by atoms with van der Waals surface area (Å²) in [6.45, 7) is 3.92. The van der Waals surface area contributed by atoms with Crippen molar-refractivity contribution in [1.82, 2.24) is 4.98 Å². The Bertz CT molecular complexity index is 651. The van der Waals surface area contributed by atoms with Crippen molar-refractivity contribution in [2.24, 2.45) is 0 Å². The van der Waals surface area contributed by atoms with E-state index in [2.05, 4.69) is 10.3 Å². The van der Waals surface area contributed by atoms with Gasteiger partial charge in [-0.2, -0.15) is 5.26 Å². The van der Waals surface area contributed by atoms with E-state index in [4.69, 9.17) is 9.68 Å². The first-order valence-corrected chi connectivity index (χ1v) is 6.37. The SMILES string of the molecule is CCc1nc(-c2ccc(NC(=O)CC#N)cc2)oc1C. The molecule has 0 unspecified atom stereocenters. The molecule has 1 amide bonds. The van der Waals surface area contributed by atoms with Crippen molar-refractivity contribution < 1.29 is 9.21 Å². The van der Waals surface area contributed by atoms with E-state index < -0.39 is 0 Å². The van der Waals surface area contributed by atoms with Gasteiger partial charge in [-0.05, 0) is 37.6 Å². The predicted octanol–water partition coefficient (Wildman–Crippen LogP) is 3.06. The molecule has 0 fully saturated rings. The fourth-order valence-corrected chi connectivity index (χ4v) is 1.85. The lowest BCUT2D eigenvalue weighted by Gasteiger charge is -2.03. The molecule has 1 N–H and O–H groups in total. The van der Waals surface area contributed by atoms with Crippen LogP contribution in [0.1, 0.15) is 24.8 Å². The van der Waals surface area contributed by atoms with Gasteiger partial charge in [0.25, 0.3) is 0 Å². The van der Waals surface area contributed by atoms with E-state index in [-0.39, 0.29) is 12.3 Å². The first-order chi connectivity index (χ1) is 9.63. The first-order valence-electron chi connectivity index (χ1n) is 6.37. The highest BCUT2D eigenvalue weighted by atomic mass is 16.4. The molecular weight excluding hydrogens is 254 g/mol. The lowest BCUT2D eigenvalue weighted by Crippen LogP contribution is -2.09. The summed E-state index contributed by atoms with van der Waals surface area (Å²) >= 11 is 0. The lowest BCUT2D eigenvalue weighted by molar-refractivity contribution is -0.115. The number of oxazole rings is 1. The molecule has 0 spiro atoms. The number of aromatic nitrogens is 1. The molecule has 0 aliphatic rings. The monoisotopic (exact) mass is 269 g/mol. The molecule has 0 saturated carbocycles. The molecule has 0 bridgehead atoms. The molecule has 0 aliphatic carbocycles. The molecule has 5 nitrogen and oxygen atoms in total. The summed E-state index contributed by atoms with van der Waals surface area (Å²) < 4.78 is 5.61. The number of nitrogens with zero attached hydrogens (tertiary/aromatic N) is 2. The molecule has 0 radical (unpaired) electrons. The number of anilines is 1. The van der Waals surface area contributed by atoms with Crippen molar-refractivity contribution >= 4 is 11.6 Å². The zero-order valence-electron chi connectivity index (χ0n) is 11.4. The van der Waals surface area contributed by atoms with E-state index in [1.54, 1.807) is 18.2 Å². The number of hydrogen-bond donors (Lipinski definition) is 1. The van der Waals surface area contributed by atoms with Crippen LogP contribution in [0.25, 0.3) is 11.5 Å². The van der Waals surface area contributed by atoms with Crippen LogP contribution in [-0.2, 0) is 11.2 Å². The number of hydrogen-bond acceptors (Lipinski definition) is 4. The van der Waals surface area contributed by atoms with Crippen molar-refractivity contribution in [2.45, 2.75) is 26.7 Å². The molecule has 0 saturated heterocycles. The average Bonchev–Trinajstić information content (AvgIpc) is 2.81. The fourth-order valence-electron chi connectivity index (χ4n) is 1.85. The largest absolute Gasteiger partial charge is 0.441 e. The summed E-state index contributed by atoms with van der Waals surface area (Å²) in [4.78, 5) is 15.7. The zero-order valence-corrected chi connectivity index (χ0v) is 11.4. The van der Waals surface area contributed by atoms with Gasteiger partial charge in [0, 0.05) is 11.3 Å². The van der Waals surface area contributed by atoms with Gasteiger partial charge in [0.05, 0.1) is 11.8 Å². The van der Waals surface area contributed by atoms with Gasteiger partial charge in [-0.1, -0.05) is 6.92 Å². The summed E-state index contributed by atoms with van der Waals surface area (Å²) in [6.07, 6.45) is 0.679. The smallest absolute Gasteiger partial charge is 0.238 e. The number of amides is 1. The maximum absolute atomic E-state index is 11.3. The second-order valence-corrected chi connectivity index (χ2v) is 4.34. The number of aryl methyl sites for hydroxylation is 2. The summed E-state index contributed by atoms with van der Waals surface area (Å²) in [5.41, 5.74) is 2.45. The maximum Gasteiger partial charge on any atom is 0.238 e. The molecular formula is C15H15N3O2. The van der Waals surface area contributed by atoms with Gasteiger partial charge < -0.3 is 9.73 Å².